The first-order valence-electron chi connectivity index (χ1n) is 6.83. The predicted molar refractivity (Wildman–Crippen MR) is 84.4 cm³/mol. The number of amides is 1. The first-order valence-corrected chi connectivity index (χ1v) is 9.03. The molecule has 1 saturated heterocycles. The molecule has 1 aromatic rings. The van der Waals surface area contributed by atoms with E-state index in [9.17, 15) is 13.2 Å². The molecular formula is C14H19ClN2O3S. The molecule has 1 fully saturated rings. The van der Waals surface area contributed by atoms with E-state index >= 15 is 0 Å². The van der Waals surface area contributed by atoms with Gasteiger partial charge in [0.2, 0.25) is 5.91 Å². The Morgan fingerprint density at radius 1 is 1.43 bits per heavy atom. The molecule has 0 aliphatic carbocycles. The van der Waals surface area contributed by atoms with Crippen molar-refractivity contribution in [3.05, 3.63) is 28.8 Å². The van der Waals surface area contributed by atoms with Gasteiger partial charge < -0.3 is 10.6 Å². The zero-order valence-corrected chi connectivity index (χ0v) is 13.4. The number of anilines is 1. The van der Waals surface area contributed by atoms with Gasteiger partial charge >= 0.3 is 0 Å². The number of aryl methyl sites for hydroxylation is 1. The van der Waals surface area contributed by atoms with E-state index in [2.05, 4.69) is 10.6 Å². The quantitative estimate of drug-likeness (QED) is 0.860. The molecule has 1 heterocycles. The Bertz CT molecular complexity index is 631. The fourth-order valence-corrected chi connectivity index (χ4v) is 4.38. The number of carbonyl (C=O) groups is 1. The zero-order valence-electron chi connectivity index (χ0n) is 11.9. The van der Waals surface area contributed by atoms with Gasteiger partial charge in [-0.3, -0.25) is 4.79 Å². The molecule has 0 saturated carbocycles. The van der Waals surface area contributed by atoms with Crippen LogP contribution in [0.5, 0.6) is 0 Å². The second-order valence-corrected chi connectivity index (χ2v) is 8.07. The highest BCUT2D eigenvalue weighted by atomic mass is 35.5. The lowest BCUT2D eigenvalue weighted by Gasteiger charge is -2.11. The highest BCUT2D eigenvalue weighted by molar-refractivity contribution is 7.91. The fraction of sp³-hybridized carbons (Fsp3) is 0.500. The molecule has 21 heavy (non-hydrogen) atoms. The maximum Gasteiger partial charge on any atom is 0.238 e. The molecule has 7 heteroatoms. The summed E-state index contributed by atoms with van der Waals surface area (Å²) in [7, 11) is -2.86. The van der Waals surface area contributed by atoms with Gasteiger partial charge in [0.15, 0.2) is 9.84 Å². The minimum Gasteiger partial charge on any atom is -0.325 e. The largest absolute Gasteiger partial charge is 0.325 e. The van der Waals surface area contributed by atoms with Crippen molar-refractivity contribution in [3.8, 4) is 0 Å². The molecule has 2 rings (SSSR count). The van der Waals surface area contributed by atoms with E-state index in [0.717, 1.165) is 5.56 Å². The molecule has 116 valence electrons. The van der Waals surface area contributed by atoms with Crippen molar-refractivity contribution in [3.63, 3.8) is 0 Å². The van der Waals surface area contributed by atoms with Crippen LogP contribution in [-0.4, -0.2) is 38.9 Å². The minimum atomic E-state index is -2.86. The maximum atomic E-state index is 11.8. The smallest absolute Gasteiger partial charge is 0.238 e. The van der Waals surface area contributed by atoms with Gasteiger partial charge in [-0.25, -0.2) is 8.42 Å². The average Bonchev–Trinajstić information content (AvgIpc) is 2.73. The number of nitrogens with one attached hydrogen (secondary N) is 2. The molecule has 1 aliphatic heterocycles. The number of hydrogen-bond acceptors (Lipinski definition) is 4. The summed E-state index contributed by atoms with van der Waals surface area (Å²) in [4.78, 5) is 11.8. The highest BCUT2D eigenvalue weighted by Crippen LogP contribution is 2.20. The third-order valence-electron chi connectivity index (χ3n) is 3.52. The molecule has 0 spiro atoms. The molecule has 1 amide bonds. The second-order valence-electron chi connectivity index (χ2n) is 5.41. The van der Waals surface area contributed by atoms with Crippen molar-refractivity contribution in [2.45, 2.75) is 13.3 Å². The summed E-state index contributed by atoms with van der Waals surface area (Å²) in [5.74, 6) is 0.416. The molecule has 1 aliphatic rings. The van der Waals surface area contributed by atoms with Gasteiger partial charge in [-0.15, -0.1) is 0 Å². The van der Waals surface area contributed by atoms with E-state index < -0.39 is 9.84 Å². The van der Waals surface area contributed by atoms with Crippen LogP contribution in [0.1, 0.15) is 12.0 Å². The Morgan fingerprint density at radius 2 is 2.19 bits per heavy atom. The Morgan fingerprint density at radius 3 is 2.86 bits per heavy atom. The maximum absolute atomic E-state index is 11.8. The van der Waals surface area contributed by atoms with E-state index in [1.54, 1.807) is 12.1 Å². The van der Waals surface area contributed by atoms with Crippen LogP contribution in [0.15, 0.2) is 18.2 Å². The third-order valence-corrected chi connectivity index (χ3v) is 5.59. The number of halogens is 1. The summed E-state index contributed by atoms with van der Waals surface area (Å²) in [6, 6.07) is 5.32. The van der Waals surface area contributed by atoms with E-state index in [4.69, 9.17) is 11.6 Å². The number of rotatable bonds is 5. The standard InChI is InChI=1S/C14H19ClN2O3S/c1-10-2-3-12(15)6-13(10)17-14(18)8-16-7-11-4-5-21(19,20)9-11/h2-3,6,11,16H,4-5,7-9H2,1H3,(H,17,18). The molecule has 0 bridgehead atoms. The molecule has 1 unspecified atom stereocenters. The van der Waals surface area contributed by atoms with Crippen LogP contribution in [0, 0.1) is 12.8 Å². The summed E-state index contributed by atoms with van der Waals surface area (Å²) in [5.41, 5.74) is 1.63. The lowest BCUT2D eigenvalue weighted by atomic mass is 10.1. The zero-order chi connectivity index (χ0) is 15.5. The van der Waals surface area contributed by atoms with Crippen LogP contribution in [0.2, 0.25) is 5.02 Å². The van der Waals surface area contributed by atoms with Gasteiger partial charge in [-0.05, 0) is 43.5 Å². The normalized spacial score (nSPS) is 20.4. The Hall–Kier alpha value is -1.11. The first-order chi connectivity index (χ1) is 9.85. The van der Waals surface area contributed by atoms with Crippen molar-refractivity contribution >= 4 is 33.0 Å². The van der Waals surface area contributed by atoms with Gasteiger partial charge in [-0.1, -0.05) is 17.7 Å². The third kappa shape index (κ3) is 4.98. The summed E-state index contributed by atoms with van der Waals surface area (Å²) >= 11 is 5.89. The molecular weight excluding hydrogens is 312 g/mol. The predicted octanol–water partition coefficient (Wildman–Crippen LogP) is 1.61. The Balaban J connectivity index is 1.76. The summed E-state index contributed by atoms with van der Waals surface area (Å²) in [6.07, 6.45) is 0.671. The molecule has 2 N–H and O–H groups in total. The monoisotopic (exact) mass is 330 g/mol. The van der Waals surface area contributed by atoms with Crippen LogP contribution in [-0.2, 0) is 14.6 Å². The summed E-state index contributed by atoms with van der Waals surface area (Å²) in [6.45, 7) is 2.59. The van der Waals surface area contributed by atoms with Crippen molar-refractivity contribution in [2.24, 2.45) is 5.92 Å². The number of sulfone groups is 1. The molecule has 1 atom stereocenters. The average molecular weight is 331 g/mol. The molecule has 0 aromatic heterocycles. The van der Waals surface area contributed by atoms with Gasteiger partial charge in [-0.2, -0.15) is 0 Å². The second kappa shape index (κ2) is 6.77. The number of hydrogen-bond donors (Lipinski definition) is 2. The van der Waals surface area contributed by atoms with Crippen molar-refractivity contribution in [1.29, 1.82) is 0 Å². The van der Waals surface area contributed by atoms with Gasteiger partial charge in [0.05, 0.1) is 18.1 Å². The fourth-order valence-electron chi connectivity index (χ4n) is 2.35. The van der Waals surface area contributed by atoms with Crippen molar-refractivity contribution < 1.29 is 13.2 Å². The first kappa shape index (κ1) is 16.3. The topological polar surface area (TPSA) is 75.3 Å². The number of benzene rings is 1. The Kier molecular flexibility index (Phi) is 5.24. The minimum absolute atomic E-state index is 0.107. The van der Waals surface area contributed by atoms with Crippen molar-refractivity contribution in [1.82, 2.24) is 5.32 Å². The highest BCUT2D eigenvalue weighted by Gasteiger charge is 2.27. The van der Waals surface area contributed by atoms with Gasteiger partial charge in [0, 0.05) is 10.7 Å². The van der Waals surface area contributed by atoms with E-state index in [-0.39, 0.29) is 29.9 Å². The van der Waals surface area contributed by atoms with Crippen LogP contribution in [0.4, 0.5) is 5.69 Å². The molecule has 5 nitrogen and oxygen atoms in total. The van der Waals surface area contributed by atoms with E-state index in [0.29, 0.717) is 23.7 Å². The van der Waals surface area contributed by atoms with E-state index in [1.165, 1.54) is 0 Å². The SMILES string of the molecule is Cc1ccc(Cl)cc1NC(=O)CNCC1CCS(=O)(=O)C1. The summed E-state index contributed by atoms with van der Waals surface area (Å²) in [5, 5.41) is 6.37. The van der Waals surface area contributed by atoms with Gasteiger partial charge in [0.1, 0.15) is 0 Å². The number of carbonyl (C=O) groups excluding carboxylic acids is 1. The molecule has 0 radical (unpaired) electrons. The van der Waals surface area contributed by atoms with Crippen molar-refractivity contribution in [2.75, 3.05) is 29.9 Å². The summed E-state index contributed by atoms with van der Waals surface area (Å²) < 4.78 is 22.7. The molecule has 1 aromatic carbocycles. The lowest BCUT2D eigenvalue weighted by molar-refractivity contribution is -0.115. The van der Waals surface area contributed by atoms with Crippen LogP contribution >= 0.6 is 11.6 Å². The van der Waals surface area contributed by atoms with E-state index in [1.807, 2.05) is 13.0 Å². The lowest BCUT2D eigenvalue weighted by Crippen LogP contribution is -2.32. The van der Waals surface area contributed by atoms with Gasteiger partial charge in [0.25, 0.3) is 0 Å². The van der Waals surface area contributed by atoms with Crippen LogP contribution in [0.3, 0.4) is 0 Å². The van der Waals surface area contributed by atoms with Crippen LogP contribution < -0.4 is 10.6 Å². The van der Waals surface area contributed by atoms with Crippen LogP contribution in [0.25, 0.3) is 0 Å². The Labute approximate surface area is 130 Å².